The van der Waals surface area contributed by atoms with Crippen LogP contribution < -0.4 is 5.32 Å². The van der Waals surface area contributed by atoms with E-state index in [1.54, 1.807) is 0 Å². The van der Waals surface area contributed by atoms with Crippen LogP contribution in [-0.4, -0.2) is 47.6 Å². The molecule has 0 aromatic heterocycles. The van der Waals surface area contributed by atoms with Crippen LogP contribution in [0.15, 0.2) is 0 Å². The number of nitrogens with zero attached hydrogens (tertiary/aromatic N) is 1. The Balaban J connectivity index is 4.56. The van der Waals surface area contributed by atoms with E-state index in [9.17, 15) is 9.59 Å². The van der Waals surface area contributed by atoms with E-state index in [1.807, 2.05) is 13.8 Å². The molecule has 0 aliphatic heterocycles. The lowest BCUT2D eigenvalue weighted by atomic mass is 9.91. The first-order valence-corrected chi connectivity index (χ1v) is 7.00. The summed E-state index contributed by atoms with van der Waals surface area (Å²) in [5.41, 5.74) is -0.589. The van der Waals surface area contributed by atoms with Crippen molar-refractivity contribution in [3.63, 3.8) is 0 Å². The van der Waals surface area contributed by atoms with Crippen LogP contribution in [0, 0.1) is 5.41 Å². The zero-order valence-corrected chi connectivity index (χ0v) is 12.8. The summed E-state index contributed by atoms with van der Waals surface area (Å²) in [5, 5.41) is 11.4. The van der Waals surface area contributed by atoms with Crippen LogP contribution in [0.5, 0.6) is 0 Å². The first-order valence-electron chi connectivity index (χ1n) is 7.00. The van der Waals surface area contributed by atoms with Crippen LogP contribution in [0.3, 0.4) is 0 Å². The lowest BCUT2D eigenvalue weighted by molar-refractivity contribution is -0.143. The van der Waals surface area contributed by atoms with Gasteiger partial charge in [0, 0.05) is 6.54 Å². The maximum atomic E-state index is 12.1. The van der Waals surface area contributed by atoms with Gasteiger partial charge in [0.25, 0.3) is 0 Å². The number of nitrogens with one attached hydrogen (secondary N) is 1. The van der Waals surface area contributed by atoms with Crippen molar-refractivity contribution in [1.29, 1.82) is 0 Å². The van der Waals surface area contributed by atoms with Gasteiger partial charge in [-0.3, -0.25) is 9.59 Å². The normalized spacial score (nSPS) is 13.4. The third-order valence-electron chi connectivity index (χ3n) is 3.03. The van der Waals surface area contributed by atoms with Crippen LogP contribution >= 0.6 is 0 Å². The number of rotatable bonds is 9. The highest BCUT2D eigenvalue weighted by molar-refractivity contribution is 5.86. The van der Waals surface area contributed by atoms with Gasteiger partial charge in [0.15, 0.2) is 0 Å². The molecule has 19 heavy (non-hydrogen) atoms. The van der Waals surface area contributed by atoms with Crippen molar-refractivity contribution in [2.45, 2.75) is 53.5 Å². The molecule has 1 unspecified atom stereocenters. The molecule has 0 heterocycles. The fourth-order valence-corrected chi connectivity index (χ4v) is 1.99. The monoisotopic (exact) mass is 272 g/mol. The van der Waals surface area contributed by atoms with Gasteiger partial charge in [-0.1, -0.05) is 13.8 Å². The summed E-state index contributed by atoms with van der Waals surface area (Å²) >= 11 is 0. The molecule has 1 atom stereocenters. The second-order valence-electron chi connectivity index (χ2n) is 5.69. The van der Waals surface area contributed by atoms with Gasteiger partial charge in [0.05, 0.1) is 5.41 Å². The molecule has 1 amide bonds. The van der Waals surface area contributed by atoms with Crippen LogP contribution in [0.25, 0.3) is 0 Å². The van der Waals surface area contributed by atoms with Crippen molar-refractivity contribution in [3.8, 4) is 0 Å². The largest absolute Gasteiger partial charge is 0.480 e. The predicted octanol–water partition coefficient (Wildman–Crippen LogP) is 1.72. The molecule has 0 aliphatic carbocycles. The van der Waals surface area contributed by atoms with Crippen molar-refractivity contribution in [2.75, 3.05) is 19.6 Å². The Hall–Kier alpha value is -1.10. The molecule has 112 valence electrons. The number of aliphatic carboxylic acids is 1. The maximum Gasteiger partial charge on any atom is 0.325 e. The molecule has 0 aliphatic rings. The van der Waals surface area contributed by atoms with Crippen molar-refractivity contribution >= 4 is 11.9 Å². The molecule has 0 saturated heterocycles. The van der Waals surface area contributed by atoms with Crippen LogP contribution in [0.4, 0.5) is 0 Å². The average Bonchev–Trinajstić information content (AvgIpc) is 2.28. The van der Waals surface area contributed by atoms with E-state index in [0.29, 0.717) is 6.54 Å². The number of carboxylic acids is 1. The van der Waals surface area contributed by atoms with Crippen LogP contribution in [-0.2, 0) is 9.59 Å². The zero-order valence-electron chi connectivity index (χ0n) is 12.8. The smallest absolute Gasteiger partial charge is 0.325 e. The van der Waals surface area contributed by atoms with Gasteiger partial charge in [-0.25, -0.2) is 0 Å². The number of carbonyl (C=O) groups excluding carboxylic acids is 1. The highest BCUT2D eigenvalue weighted by Crippen LogP contribution is 2.18. The molecule has 5 nitrogen and oxygen atoms in total. The number of hydrogen-bond donors (Lipinski definition) is 2. The van der Waals surface area contributed by atoms with Crippen LogP contribution in [0.1, 0.15) is 47.5 Å². The van der Waals surface area contributed by atoms with E-state index in [4.69, 9.17) is 5.11 Å². The Morgan fingerprint density at radius 1 is 1.21 bits per heavy atom. The Kier molecular flexibility index (Phi) is 7.68. The SMILES string of the molecule is CCCN(CCC)CC(C)(C)C(=O)NC(C)C(=O)O. The molecule has 0 bridgehead atoms. The van der Waals surface area contributed by atoms with Crippen molar-refractivity contribution in [3.05, 3.63) is 0 Å². The van der Waals surface area contributed by atoms with Gasteiger partial charge in [-0.05, 0) is 46.7 Å². The minimum absolute atomic E-state index is 0.209. The molecular formula is C14H28N2O3. The topological polar surface area (TPSA) is 69.6 Å². The van der Waals surface area contributed by atoms with Gasteiger partial charge < -0.3 is 15.3 Å². The third kappa shape index (κ3) is 6.57. The number of amides is 1. The predicted molar refractivity (Wildman–Crippen MR) is 76.0 cm³/mol. The standard InChI is InChI=1S/C14H28N2O3/c1-6-8-16(9-7-2)10-14(4,5)13(19)15-11(3)12(17)18/h11H,6-10H2,1-5H3,(H,15,19)(H,17,18). The van der Waals surface area contributed by atoms with E-state index in [-0.39, 0.29) is 5.91 Å². The summed E-state index contributed by atoms with van der Waals surface area (Å²) in [6.45, 7) is 12.0. The molecule has 0 saturated carbocycles. The van der Waals surface area contributed by atoms with Crippen molar-refractivity contribution < 1.29 is 14.7 Å². The highest BCUT2D eigenvalue weighted by Gasteiger charge is 2.31. The Morgan fingerprint density at radius 2 is 1.68 bits per heavy atom. The Morgan fingerprint density at radius 3 is 2.05 bits per heavy atom. The molecule has 5 heteroatoms. The highest BCUT2D eigenvalue weighted by atomic mass is 16.4. The summed E-state index contributed by atoms with van der Waals surface area (Å²) in [6.07, 6.45) is 2.09. The second-order valence-corrected chi connectivity index (χ2v) is 5.69. The second kappa shape index (κ2) is 8.15. The maximum absolute atomic E-state index is 12.1. The molecular weight excluding hydrogens is 244 g/mol. The van der Waals surface area contributed by atoms with E-state index in [2.05, 4.69) is 24.1 Å². The summed E-state index contributed by atoms with van der Waals surface area (Å²) < 4.78 is 0. The van der Waals surface area contributed by atoms with Gasteiger partial charge in [0.1, 0.15) is 6.04 Å². The molecule has 0 radical (unpaired) electrons. The molecule has 2 N–H and O–H groups in total. The fourth-order valence-electron chi connectivity index (χ4n) is 1.99. The first kappa shape index (κ1) is 17.9. The summed E-state index contributed by atoms with van der Waals surface area (Å²) in [7, 11) is 0. The minimum Gasteiger partial charge on any atom is -0.480 e. The molecule has 0 rings (SSSR count). The van der Waals surface area contributed by atoms with Gasteiger partial charge >= 0.3 is 5.97 Å². The lowest BCUT2D eigenvalue weighted by Crippen LogP contribution is -2.49. The Labute approximate surface area is 116 Å². The Bertz CT molecular complexity index is 297. The van der Waals surface area contributed by atoms with Crippen LogP contribution in [0.2, 0.25) is 0 Å². The molecule has 0 fully saturated rings. The molecule has 0 spiro atoms. The first-order chi connectivity index (χ1) is 8.74. The molecule has 0 aromatic rings. The van der Waals surface area contributed by atoms with E-state index in [1.165, 1.54) is 6.92 Å². The number of carboxylic acid groups (broad SMARTS) is 1. The number of carbonyl (C=O) groups is 2. The quantitative estimate of drug-likeness (QED) is 0.670. The minimum atomic E-state index is -1.01. The summed E-state index contributed by atoms with van der Waals surface area (Å²) in [4.78, 5) is 25.1. The van der Waals surface area contributed by atoms with Crippen molar-refractivity contribution in [2.24, 2.45) is 5.41 Å². The number of hydrogen-bond acceptors (Lipinski definition) is 3. The van der Waals surface area contributed by atoms with E-state index in [0.717, 1.165) is 25.9 Å². The third-order valence-corrected chi connectivity index (χ3v) is 3.03. The van der Waals surface area contributed by atoms with Crippen molar-refractivity contribution in [1.82, 2.24) is 10.2 Å². The van der Waals surface area contributed by atoms with E-state index < -0.39 is 17.4 Å². The fraction of sp³-hybridized carbons (Fsp3) is 0.857. The summed E-state index contributed by atoms with van der Waals surface area (Å²) in [6, 6.07) is -0.849. The van der Waals surface area contributed by atoms with E-state index >= 15 is 0 Å². The van der Waals surface area contributed by atoms with Gasteiger partial charge in [-0.2, -0.15) is 0 Å². The average molecular weight is 272 g/mol. The van der Waals surface area contributed by atoms with Gasteiger partial charge in [-0.15, -0.1) is 0 Å². The van der Waals surface area contributed by atoms with Gasteiger partial charge in [0.2, 0.25) is 5.91 Å². The molecule has 0 aromatic carbocycles. The summed E-state index contributed by atoms with van der Waals surface area (Å²) in [5.74, 6) is -1.22. The lowest BCUT2D eigenvalue weighted by Gasteiger charge is -2.32. The zero-order chi connectivity index (χ0) is 15.1.